The molecule has 4 rings (SSSR count). The number of carbonyl (C=O) groups is 1. The van der Waals surface area contributed by atoms with Gasteiger partial charge in [0.15, 0.2) is 0 Å². The van der Waals surface area contributed by atoms with Gasteiger partial charge in [-0.15, -0.1) is 0 Å². The smallest absolute Gasteiger partial charge is 0.410 e. The number of halogens is 1. The largest absolute Gasteiger partial charge is 0.444 e. The van der Waals surface area contributed by atoms with Gasteiger partial charge in [0.25, 0.3) is 0 Å². The van der Waals surface area contributed by atoms with Gasteiger partial charge in [-0.1, -0.05) is 12.1 Å². The normalized spacial score (nSPS) is 16.4. The number of nitrogens with zero attached hydrogens (tertiary/aromatic N) is 2. The van der Waals surface area contributed by atoms with E-state index in [1.165, 1.54) is 6.07 Å². The quantitative estimate of drug-likeness (QED) is 0.578. The summed E-state index contributed by atoms with van der Waals surface area (Å²) in [6.07, 6.45) is 2.18. The van der Waals surface area contributed by atoms with Gasteiger partial charge in [-0.25, -0.2) is 14.2 Å². The Bertz CT molecular complexity index is 1150. The number of hydrogen-bond acceptors (Lipinski definition) is 5. The Morgan fingerprint density at radius 1 is 1.28 bits per heavy atom. The van der Waals surface area contributed by atoms with E-state index in [-0.39, 0.29) is 18.0 Å². The SMILES string of the molecule is Cc1cccc(F)c1-c1cc(N[C@@H]2CCN(C(=O)OC(C)(C)C)C2)c2cc(N)ncc2c1. The molecule has 1 aliphatic heterocycles. The molecule has 3 N–H and O–H groups in total. The highest BCUT2D eigenvalue weighted by Crippen LogP contribution is 2.35. The van der Waals surface area contributed by atoms with Crippen molar-refractivity contribution in [1.29, 1.82) is 0 Å². The van der Waals surface area contributed by atoms with Crippen LogP contribution in [0.2, 0.25) is 0 Å². The van der Waals surface area contributed by atoms with Crippen LogP contribution in [0, 0.1) is 12.7 Å². The molecule has 2 aromatic carbocycles. The Morgan fingerprint density at radius 3 is 2.78 bits per heavy atom. The molecule has 0 unspecified atom stereocenters. The average Bonchev–Trinajstić information content (AvgIpc) is 3.16. The Kier molecular flexibility index (Phi) is 5.67. The van der Waals surface area contributed by atoms with E-state index < -0.39 is 5.60 Å². The second-order valence-electron chi connectivity index (χ2n) is 9.34. The number of nitrogens with two attached hydrogens (primary N) is 1. The standard InChI is InChI=1S/C25H29FN4O2/c1-15-6-5-7-20(26)23(15)16-10-17-13-28-22(27)12-19(17)21(11-16)29-18-8-9-30(14-18)24(31)32-25(2,3)4/h5-7,10-13,18,29H,8-9,14H2,1-4H3,(H2,27,28)/t18-/m1/s1. The number of benzene rings is 2. The number of carbonyl (C=O) groups excluding carboxylic acids is 1. The fourth-order valence-electron chi connectivity index (χ4n) is 4.12. The van der Waals surface area contributed by atoms with Crippen LogP contribution >= 0.6 is 0 Å². The van der Waals surface area contributed by atoms with Gasteiger partial charge in [-0.05, 0) is 69.5 Å². The van der Waals surface area contributed by atoms with Crippen LogP contribution in [0.15, 0.2) is 42.6 Å². The summed E-state index contributed by atoms with van der Waals surface area (Å²) in [4.78, 5) is 18.4. The van der Waals surface area contributed by atoms with Crippen molar-refractivity contribution in [2.45, 2.75) is 45.8 Å². The first-order valence-electron chi connectivity index (χ1n) is 10.8. The molecule has 3 aromatic rings. The van der Waals surface area contributed by atoms with Crippen molar-refractivity contribution in [3.63, 3.8) is 0 Å². The van der Waals surface area contributed by atoms with Crippen molar-refractivity contribution in [1.82, 2.24) is 9.88 Å². The number of fused-ring (bicyclic) bond motifs is 1. The minimum absolute atomic E-state index is 0.0390. The van der Waals surface area contributed by atoms with Crippen LogP contribution in [0.3, 0.4) is 0 Å². The zero-order valence-corrected chi connectivity index (χ0v) is 18.9. The summed E-state index contributed by atoms with van der Waals surface area (Å²) in [5.74, 6) is 0.146. The van der Waals surface area contributed by atoms with Crippen molar-refractivity contribution in [3.8, 4) is 11.1 Å². The van der Waals surface area contributed by atoms with E-state index in [0.717, 1.165) is 34.0 Å². The predicted molar refractivity (Wildman–Crippen MR) is 126 cm³/mol. The number of aryl methyl sites for hydroxylation is 1. The van der Waals surface area contributed by atoms with Crippen LogP contribution in [0.5, 0.6) is 0 Å². The summed E-state index contributed by atoms with van der Waals surface area (Å²) in [5, 5.41) is 5.33. The number of amides is 1. The number of rotatable bonds is 3. The van der Waals surface area contributed by atoms with E-state index in [4.69, 9.17) is 10.5 Å². The number of nitrogen functional groups attached to an aromatic ring is 1. The van der Waals surface area contributed by atoms with Gasteiger partial charge in [0.05, 0.1) is 0 Å². The van der Waals surface area contributed by atoms with E-state index >= 15 is 0 Å². The van der Waals surface area contributed by atoms with Crippen LogP contribution in [-0.4, -0.2) is 40.7 Å². The predicted octanol–water partition coefficient (Wildman–Crippen LogP) is 5.35. The first-order valence-corrected chi connectivity index (χ1v) is 10.8. The van der Waals surface area contributed by atoms with Crippen molar-refractivity contribution >= 4 is 28.4 Å². The molecular formula is C25H29FN4O2. The highest BCUT2D eigenvalue weighted by atomic mass is 19.1. The maximum Gasteiger partial charge on any atom is 0.410 e. The lowest BCUT2D eigenvalue weighted by Gasteiger charge is -2.24. The molecule has 0 bridgehead atoms. The second kappa shape index (κ2) is 8.30. The number of hydrogen-bond donors (Lipinski definition) is 2. The summed E-state index contributed by atoms with van der Waals surface area (Å²) < 4.78 is 20.2. The third-order valence-corrected chi connectivity index (χ3v) is 5.57. The van der Waals surface area contributed by atoms with Crippen molar-refractivity contribution < 1.29 is 13.9 Å². The van der Waals surface area contributed by atoms with E-state index in [1.54, 1.807) is 17.2 Å². The van der Waals surface area contributed by atoms with Crippen molar-refractivity contribution in [3.05, 3.63) is 54.0 Å². The molecule has 1 aliphatic rings. The fraction of sp³-hybridized carbons (Fsp3) is 0.360. The molecule has 0 spiro atoms. The Labute approximate surface area is 187 Å². The molecule has 7 heteroatoms. The summed E-state index contributed by atoms with van der Waals surface area (Å²) in [5.41, 5.74) is 8.45. The Hall–Kier alpha value is -3.35. The first kappa shape index (κ1) is 21.9. The van der Waals surface area contributed by atoms with Gasteiger partial charge in [0, 0.05) is 47.4 Å². The lowest BCUT2D eigenvalue weighted by Crippen LogP contribution is -2.36. The molecule has 168 valence electrons. The molecule has 2 heterocycles. The van der Waals surface area contributed by atoms with Crippen LogP contribution in [0.25, 0.3) is 21.9 Å². The van der Waals surface area contributed by atoms with Gasteiger partial charge in [-0.2, -0.15) is 0 Å². The molecular weight excluding hydrogens is 407 g/mol. The molecule has 6 nitrogen and oxygen atoms in total. The molecule has 1 saturated heterocycles. The van der Waals surface area contributed by atoms with Crippen LogP contribution in [0.1, 0.15) is 32.8 Å². The molecule has 32 heavy (non-hydrogen) atoms. The third-order valence-electron chi connectivity index (χ3n) is 5.57. The van der Waals surface area contributed by atoms with Gasteiger partial charge in [0.2, 0.25) is 0 Å². The second-order valence-corrected chi connectivity index (χ2v) is 9.34. The minimum atomic E-state index is -0.532. The zero-order chi connectivity index (χ0) is 23.0. The Morgan fingerprint density at radius 2 is 2.06 bits per heavy atom. The van der Waals surface area contributed by atoms with Gasteiger partial charge >= 0.3 is 6.09 Å². The van der Waals surface area contributed by atoms with Gasteiger partial charge in [-0.3, -0.25) is 0 Å². The van der Waals surface area contributed by atoms with E-state index in [2.05, 4.69) is 10.3 Å². The molecule has 1 fully saturated rings. The fourth-order valence-corrected chi connectivity index (χ4v) is 4.12. The van der Waals surface area contributed by atoms with Gasteiger partial charge in [0.1, 0.15) is 17.2 Å². The first-order chi connectivity index (χ1) is 15.1. The number of pyridine rings is 1. The van der Waals surface area contributed by atoms with Gasteiger partial charge < -0.3 is 20.7 Å². The summed E-state index contributed by atoms with van der Waals surface area (Å²) in [6, 6.07) is 10.8. The molecule has 1 aromatic heterocycles. The average molecular weight is 437 g/mol. The molecule has 0 saturated carbocycles. The lowest BCUT2D eigenvalue weighted by atomic mass is 9.96. The highest BCUT2D eigenvalue weighted by molar-refractivity contribution is 5.98. The van der Waals surface area contributed by atoms with E-state index in [0.29, 0.717) is 24.5 Å². The summed E-state index contributed by atoms with van der Waals surface area (Å²) in [7, 11) is 0. The van der Waals surface area contributed by atoms with Crippen molar-refractivity contribution in [2.24, 2.45) is 0 Å². The van der Waals surface area contributed by atoms with Crippen LogP contribution in [0.4, 0.5) is 20.7 Å². The monoisotopic (exact) mass is 436 g/mol. The summed E-state index contributed by atoms with van der Waals surface area (Å²) in [6.45, 7) is 8.61. The number of aromatic nitrogens is 1. The Balaban J connectivity index is 1.66. The third kappa shape index (κ3) is 4.61. The number of anilines is 2. The summed E-state index contributed by atoms with van der Waals surface area (Å²) >= 11 is 0. The van der Waals surface area contributed by atoms with E-state index in [1.807, 2.05) is 52.0 Å². The van der Waals surface area contributed by atoms with E-state index in [9.17, 15) is 9.18 Å². The lowest BCUT2D eigenvalue weighted by molar-refractivity contribution is 0.0293. The molecule has 0 radical (unpaired) electrons. The minimum Gasteiger partial charge on any atom is -0.444 e. The number of ether oxygens (including phenoxy) is 1. The molecule has 0 aliphatic carbocycles. The topological polar surface area (TPSA) is 80.5 Å². The number of likely N-dealkylation sites (tertiary alicyclic amines) is 1. The van der Waals surface area contributed by atoms with Crippen LogP contribution in [-0.2, 0) is 4.74 Å². The molecule has 1 amide bonds. The maximum atomic E-state index is 14.7. The highest BCUT2D eigenvalue weighted by Gasteiger charge is 2.30. The zero-order valence-electron chi connectivity index (χ0n) is 18.9. The van der Waals surface area contributed by atoms with Crippen LogP contribution < -0.4 is 11.1 Å². The number of nitrogens with one attached hydrogen (secondary N) is 1. The van der Waals surface area contributed by atoms with Crippen molar-refractivity contribution in [2.75, 3.05) is 24.1 Å². The maximum absolute atomic E-state index is 14.7. The molecule has 1 atom stereocenters.